The number of carbonyl (C=O) groups excluding carboxylic acids is 3. The summed E-state index contributed by atoms with van der Waals surface area (Å²) in [4.78, 5) is 38.4. The first-order chi connectivity index (χ1) is 68.4. The standard InChI is InChI=1S/C39H36O11P2.C39H36O7P2.C33H26O7P2/c1-21-13-25(41-5)17-30(35(21)46-51-45-34-12-10-9-11-29(34)39(40)50-51)31-18-26(42-6)14-22(2)36(31)47-52-48-37-23(3)15-27(43-7)19-32(37)33-20-28(44-8)16-24(4)38(33)49-52;1-21-13-25(5)35(42-47-41-34-12-10-9-11-29(34)39(40)46-47)30(17-21)31-18-22(2)14-26(6)36(31)43-48-44-37-27(7)15-23(3)19-32(37)33-20-24(4)16-28(8)38(33)45-48;1-19-15-21(3)31(38-41-36-28-13-7-9-23-10-8-14-29(37-41)30(23)28)25(17-19)26-18-20(2)16-22(4)32(26)39-42-35-27-12-6-5-11-24(27)33(34)40-42/h9-20H,1-8H3;9-20H,1-8H3;5-18H,1-4H3. The van der Waals surface area contributed by atoms with Gasteiger partial charge in [-0.05, 0) is 339 Å². The molecule has 15 aromatic carbocycles. The SMILES string of the molecule is COc1cc(C)c(OP2OC(=O)c3ccccc3O2)c(-c2cc(OC)cc(C)c2Op2oc3c(C)cc(OC)cc3c3cc(OC)cc(C)c3o2)c1.Cc1cc(C)c(OP2OC(=O)c3ccccc3O2)c(-c2cc(C)cc(C)c2OP2Oc3cccc4cccc(c34)O2)c1.Cc1cc(C)c(OP2OC(=O)c3ccccc3O2)c(-c2cc(C)cc(C)c2Op2oc3c(C)cc(C)cc3c3cc(C)cc(C)c3o2)c1. The molecular formula is C111H98O25P6. The van der Waals surface area contributed by atoms with E-state index in [0.717, 1.165) is 161 Å². The number of rotatable bonds is 19. The lowest BCUT2D eigenvalue weighted by atomic mass is 9.95. The molecule has 0 fully saturated rings. The van der Waals surface area contributed by atoms with Crippen LogP contribution in [0.4, 0.5) is 0 Å². The Morgan fingerprint density at radius 1 is 0.211 bits per heavy atom. The zero-order valence-electron chi connectivity index (χ0n) is 81.3. The first-order valence-corrected chi connectivity index (χ1v) is 51.9. The summed E-state index contributed by atoms with van der Waals surface area (Å²) in [6.45, 7) is 32.0. The van der Waals surface area contributed by atoms with E-state index < -0.39 is 68.8 Å². The number of fused-ring (bicyclic) bond motifs is 9. The molecule has 6 heterocycles. The van der Waals surface area contributed by atoms with Gasteiger partial charge in [-0.2, -0.15) is 0 Å². The van der Waals surface area contributed by atoms with Crippen LogP contribution in [-0.4, -0.2) is 46.3 Å². The van der Waals surface area contributed by atoms with E-state index in [-0.39, 0.29) is 0 Å². The summed E-state index contributed by atoms with van der Waals surface area (Å²) in [5.41, 5.74) is 23.2. The maximum absolute atomic E-state index is 12.9. The topological polar surface area (TPSA) is 270 Å². The molecule has 25 nitrogen and oxygen atoms in total. The van der Waals surface area contributed by atoms with Crippen LogP contribution in [0.1, 0.15) is 120 Å². The predicted molar refractivity (Wildman–Crippen MR) is 555 cm³/mol. The smallest absolute Gasteiger partial charge is 0.497 e. The van der Waals surface area contributed by atoms with Crippen molar-refractivity contribution in [2.75, 3.05) is 28.4 Å². The predicted octanol–water partition coefficient (Wildman–Crippen LogP) is 32.7. The van der Waals surface area contributed by atoms with Crippen LogP contribution in [-0.2, 0) is 13.6 Å². The van der Waals surface area contributed by atoms with E-state index in [9.17, 15) is 14.4 Å². The van der Waals surface area contributed by atoms with Gasteiger partial charge in [0.1, 0.15) is 125 Å². The molecule has 2 aromatic heterocycles. The third-order valence-electron chi connectivity index (χ3n) is 24.0. The number of ether oxygens (including phenoxy) is 4. The highest BCUT2D eigenvalue weighted by atomic mass is 31.2. The summed E-state index contributed by atoms with van der Waals surface area (Å²) in [6, 6.07) is 72.5. The zero-order valence-corrected chi connectivity index (χ0v) is 86.7. The van der Waals surface area contributed by atoms with Gasteiger partial charge in [-0.1, -0.05) is 97.1 Å². The number of para-hydroxylation sites is 3. The zero-order chi connectivity index (χ0) is 99.5. The Morgan fingerprint density at radius 3 is 0.761 bits per heavy atom. The minimum absolute atomic E-state index is 0.326. The number of hydrogen-bond donors (Lipinski definition) is 0. The van der Waals surface area contributed by atoms with Crippen LogP contribution >= 0.6 is 50.9 Å². The average molecular weight is 2020 g/mol. The molecule has 0 N–H and O–H groups in total. The third-order valence-corrected chi connectivity index (χ3v) is 30.0. The molecule has 0 amide bonds. The van der Waals surface area contributed by atoms with Crippen molar-refractivity contribution in [3.8, 4) is 120 Å². The molecule has 0 saturated carbocycles. The Balaban J connectivity index is 0.000000136. The molecule has 0 saturated heterocycles. The second kappa shape index (κ2) is 40.2. The Labute approximate surface area is 826 Å². The molecule has 3 unspecified atom stereocenters. The van der Waals surface area contributed by atoms with Crippen molar-refractivity contribution >= 4 is 123 Å². The van der Waals surface area contributed by atoms with Crippen LogP contribution < -0.4 is 68.7 Å². The highest BCUT2D eigenvalue weighted by Crippen LogP contribution is 2.60. The fourth-order valence-electron chi connectivity index (χ4n) is 17.8. The number of hydrogen-bond acceptors (Lipinski definition) is 25. The van der Waals surface area contributed by atoms with Gasteiger partial charge in [-0.3, -0.25) is 0 Å². The average Bonchev–Trinajstić information content (AvgIpc) is 1.46. The van der Waals surface area contributed by atoms with Crippen LogP contribution in [0.15, 0.2) is 247 Å². The Hall–Kier alpha value is -14.5. The maximum atomic E-state index is 12.9. The summed E-state index contributed by atoms with van der Waals surface area (Å²) in [5.74, 6) is 6.85. The van der Waals surface area contributed by atoms with Gasteiger partial charge >= 0.3 is 68.8 Å². The third kappa shape index (κ3) is 19.7. The summed E-state index contributed by atoms with van der Waals surface area (Å²) in [6.07, 6.45) is 0. The highest BCUT2D eigenvalue weighted by molar-refractivity contribution is 7.44. The van der Waals surface area contributed by atoms with E-state index in [0.29, 0.717) is 119 Å². The molecule has 31 heteroatoms. The van der Waals surface area contributed by atoms with Crippen molar-refractivity contribution in [2.24, 2.45) is 0 Å². The lowest BCUT2D eigenvalue weighted by molar-refractivity contribution is 0.0685. The summed E-state index contributed by atoms with van der Waals surface area (Å²) in [5, 5.41) is 5.50. The van der Waals surface area contributed by atoms with Gasteiger partial charge in [0.05, 0.1) is 33.8 Å². The minimum atomic E-state index is -2.16. The second-order valence-electron chi connectivity index (χ2n) is 35.0. The lowest BCUT2D eigenvalue weighted by Crippen LogP contribution is -2.15. The van der Waals surface area contributed by atoms with Crippen molar-refractivity contribution in [3.05, 3.63) is 336 Å². The monoisotopic (exact) mass is 2020 g/mol. The number of aryl methyl sites for hydroxylation is 16. The van der Waals surface area contributed by atoms with Gasteiger partial charge < -0.3 is 99.1 Å². The van der Waals surface area contributed by atoms with Gasteiger partial charge in [0.2, 0.25) is 0 Å². The van der Waals surface area contributed by atoms with Crippen molar-refractivity contribution in [2.45, 2.75) is 111 Å². The van der Waals surface area contributed by atoms with Crippen LogP contribution in [0, 0.1) is 111 Å². The van der Waals surface area contributed by atoms with Crippen LogP contribution in [0.3, 0.4) is 0 Å². The van der Waals surface area contributed by atoms with E-state index in [2.05, 4.69) is 70.2 Å². The normalized spacial score (nSPS) is 14.3. The molecule has 21 rings (SSSR count). The van der Waals surface area contributed by atoms with Gasteiger partial charge in [-0.15, -0.1) is 0 Å². The van der Waals surface area contributed by atoms with Crippen LogP contribution in [0.5, 0.6) is 86.2 Å². The molecule has 142 heavy (non-hydrogen) atoms. The highest BCUT2D eigenvalue weighted by Gasteiger charge is 2.40. The molecule has 0 radical (unpaired) electrons. The molecule has 3 atom stereocenters. The van der Waals surface area contributed by atoms with Crippen molar-refractivity contribution in [1.82, 2.24) is 0 Å². The van der Waals surface area contributed by atoms with E-state index in [1.165, 1.54) is 0 Å². The van der Waals surface area contributed by atoms with Crippen molar-refractivity contribution in [3.63, 3.8) is 0 Å². The molecule has 722 valence electrons. The van der Waals surface area contributed by atoms with E-state index in [4.69, 9.17) is 99.1 Å². The number of benzene rings is 15. The number of methoxy groups -OCH3 is 4. The van der Waals surface area contributed by atoms with Crippen molar-refractivity contribution in [1.29, 1.82) is 0 Å². The maximum Gasteiger partial charge on any atom is 0.532 e. The van der Waals surface area contributed by atoms with E-state index >= 15 is 0 Å². The van der Waals surface area contributed by atoms with Gasteiger partial charge in [0.15, 0.2) is 0 Å². The molecule has 4 aliphatic heterocycles. The lowest BCUT2D eigenvalue weighted by Gasteiger charge is -2.27. The molecule has 0 bridgehead atoms. The van der Waals surface area contributed by atoms with Crippen LogP contribution in [0.2, 0.25) is 0 Å². The molecule has 17 aromatic rings. The summed E-state index contributed by atoms with van der Waals surface area (Å²) < 4.78 is 136. The molecule has 4 aliphatic rings. The van der Waals surface area contributed by atoms with Crippen molar-refractivity contribution < 1.29 is 113 Å². The van der Waals surface area contributed by atoms with Gasteiger partial charge in [-0.25, -0.2) is 14.4 Å². The number of carbonyl (C=O) groups is 3. The fraction of sp³-hybridized carbons (Fsp3) is 0.180. The largest absolute Gasteiger partial charge is 0.532 e. The molecule has 0 spiro atoms. The second-order valence-corrected chi connectivity index (χ2v) is 41.0. The Bertz CT molecular complexity index is 7910. The molecular weight excluding hydrogens is 1920 g/mol. The summed E-state index contributed by atoms with van der Waals surface area (Å²) >= 11 is 0. The summed E-state index contributed by atoms with van der Waals surface area (Å²) in [7, 11) is -5.68. The first kappa shape index (κ1) is 96.4. The van der Waals surface area contributed by atoms with E-state index in [1.807, 2.05) is 210 Å². The fourth-order valence-corrected chi connectivity index (χ4v) is 24.6. The Kier molecular flexibility index (Phi) is 27.3. The van der Waals surface area contributed by atoms with Gasteiger partial charge in [0.25, 0.3) is 0 Å². The quantitative estimate of drug-likeness (QED) is 0.0680. The van der Waals surface area contributed by atoms with E-state index in [1.54, 1.807) is 89.1 Å². The molecule has 0 aliphatic carbocycles. The van der Waals surface area contributed by atoms with Crippen LogP contribution in [0.25, 0.3) is 88.0 Å². The Morgan fingerprint density at radius 2 is 0.444 bits per heavy atom. The minimum Gasteiger partial charge on any atom is -0.497 e. The first-order valence-electron chi connectivity index (χ1n) is 45.3. The van der Waals surface area contributed by atoms with Gasteiger partial charge in [0, 0.05) is 54.9 Å².